The molecule has 0 fully saturated rings. The molecule has 0 saturated heterocycles. The van der Waals surface area contributed by atoms with Crippen LogP contribution in [0, 0.1) is 0 Å². The van der Waals surface area contributed by atoms with Crippen LogP contribution in [-0.4, -0.2) is 19.1 Å². The van der Waals surface area contributed by atoms with Crippen LogP contribution in [0.1, 0.15) is 0 Å². The second kappa shape index (κ2) is 3.02. The summed E-state index contributed by atoms with van der Waals surface area (Å²) < 4.78 is 0.966. The Morgan fingerprint density at radius 1 is 1.29 bits per heavy atom. The molecular formula is C9H12N4S. The molecule has 74 valence electrons. The van der Waals surface area contributed by atoms with E-state index >= 15 is 0 Å². The molecule has 5 heteroatoms. The Morgan fingerprint density at radius 2 is 2.00 bits per heavy atom. The number of benzene rings is 1. The van der Waals surface area contributed by atoms with Gasteiger partial charge in [-0.2, -0.15) is 0 Å². The minimum Gasteiger partial charge on any atom is -0.398 e. The minimum absolute atomic E-state index is 0.556. The summed E-state index contributed by atoms with van der Waals surface area (Å²) in [4.78, 5) is 6.27. The Morgan fingerprint density at radius 3 is 2.64 bits per heavy atom. The number of hydrogen-bond acceptors (Lipinski definition) is 5. The van der Waals surface area contributed by atoms with Crippen LogP contribution in [0.3, 0.4) is 0 Å². The van der Waals surface area contributed by atoms with Gasteiger partial charge >= 0.3 is 0 Å². The van der Waals surface area contributed by atoms with Crippen LogP contribution in [0.5, 0.6) is 0 Å². The first-order chi connectivity index (χ1) is 6.59. The molecule has 1 aromatic carbocycles. The fourth-order valence-electron chi connectivity index (χ4n) is 1.39. The van der Waals surface area contributed by atoms with Crippen LogP contribution < -0.4 is 16.4 Å². The van der Waals surface area contributed by atoms with Crippen molar-refractivity contribution < 1.29 is 0 Å². The monoisotopic (exact) mass is 208 g/mol. The highest BCUT2D eigenvalue weighted by Gasteiger charge is 2.10. The fourth-order valence-corrected chi connectivity index (χ4v) is 2.17. The first-order valence-electron chi connectivity index (χ1n) is 4.21. The maximum Gasteiger partial charge on any atom is 0.181 e. The molecule has 2 aromatic rings. The maximum absolute atomic E-state index is 5.83. The Bertz CT molecular complexity index is 475. The molecular weight excluding hydrogens is 196 g/mol. The van der Waals surface area contributed by atoms with Crippen molar-refractivity contribution >= 4 is 38.1 Å². The molecule has 14 heavy (non-hydrogen) atoms. The number of nitrogens with two attached hydrogens (primary N) is 2. The molecule has 0 bridgehead atoms. The molecule has 4 nitrogen and oxygen atoms in total. The average molecular weight is 208 g/mol. The third-order valence-electron chi connectivity index (χ3n) is 2.05. The van der Waals surface area contributed by atoms with Crippen molar-refractivity contribution in [2.24, 2.45) is 0 Å². The highest BCUT2D eigenvalue weighted by atomic mass is 32.1. The summed E-state index contributed by atoms with van der Waals surface area (Å²) in [6.07, 6.45) is 0. The van der Waals surface area contributed by atoms with E-state index in [1.54, 1.807) is 0 Å². The molecule has 0 amide bonds. The molecule has 0 unspecified atom stereocenters. The zero-order valence-electron chi connectivity index (χ0n) is 8.11. The van der Waals surface area contributed by atoms with Gasteiger partial charge in [-0.25, -0.2) is 4.98 Å². The molecule has 1 aromatic heterocycles. The lowest BCUT2D eigenvalue weighted by molar-refractivity contribution is 1.14. The summed E-state index contributed by atoms with van der Waals surface area (Å²) in [5, 5.41) is 0.556. The SMILES string of the molecule is CN(C)c1ccc(N)c2sc(N)nc12. The van der Waals surface area contributed by atoms with Gasteiger partial charge in [0.2, 0.25) is 0 Å². The van der Waals surface area contributed by atoms with E-state index in [0.717, 1.165) is 21.6 Å². The predicted octanol–water partition coefficient (Wildman–Crippen LogP) is 1.53. The molecule has 0 atom stereocenters. The first-order valence-corrected chi connectivity index (χ1v) is 5.03. The minimum atomic E-state index is 0.556. The number of aromatic nitrogens is 1. The summed E-state index contributed by atoms with van der Waals surface area (Å²) in [6.45, 7) is 0. The van der Waals surface area contributed by atoms with Crippen LogP contribution in [-0.2, 0) is 0 Å². The summed E-state index contributed by atoms with van der Waals surface area (Å²) in [7, 11) is 3.95. The fraction of sp³-hybridized carbons (Fsp3) is 0.222. The molecule has 0 saturated carbocycles. The van der Waals surface area contributed by atoms with Gasteiger partial charge < -0.3 is 16.4 Å². The molecule has 0 aliphatic heterocycles. The van der Waals surface area contributed by atoms with E-state index < -0.39 is 0 Å². The highest BCUT2D eigenvalue weighted by Crippen LogP contribution is 2.34. The van der Waals surface area contributed by atoms with Gasteiger partial charge in [0.15, 0.2) is 5.13 Å². The number of nitrogens with zero attached hydrogens (tertiary/aromatic N) is 2. The van der Waals surface area contributed by atoms with Gasteiger partial charge in [-0.3, -0.25) is 0 Å². The number of thiazole rings is 1. The molecule has 0 radical (unpaired) electrons. The van der Waals surface area contributed by atoms with E-state index in [0.29, 0.717) is 5.13 Å². The quantitative estimate of drug-likeness (QED) is 0.697. The van der Waals surface area contributed by atoms with E-state index in [1.807, 2.05) is 31.1 Å². The van der Waals surface area contributed by atoms with E-state index in [9.17, 15) is 0 Å². The van der Waals surface area contributed by atoms with Gasteiger partial charge in [0.1, 0.15) is 5.52 Å². The topological polar surface area (TPSA) is 68.2 Å². The summed E-state index contributed by atoms with van der Waals surface area (Å²) in [5.41, 5.74) is 14.2. The molecule has 0 aliphatic carbocycles. The number of nitrogen functional groups attached to an aromatic ring is 2. The number of anilines is 3. The Balaban J connectivity index is 2.81. The lowest BCUT2D eigenvalue weighted by atomic mass is 10.2. The highest BCUT2D eigenvalue weighted by molar-refractivity contribution is 7.22. The average Bonchev–Trinajstić information content (AvgIpc) is 2.47. The smallest absolute Gasteiger partial charge is 0.181 e. The van der Waals surface area contributed by atoms with E-state index in [-0.39, 0.29) is 0 Å². The van der Waals surface area contributed by atoms with E-state index in [1.165, 1.54) is 11.3 Å². The first kappa shape index (κ1) is 9.08. The largest absolute Gasteiger partial charge is 0.398 e. The standard InChI is InChI=1S/C9H12N4S/c1-13(2)6-4-3-5(10)8-7(6)12-9(11)14-8/h3-4H,10H2,1-2H3,(H2,11,12). The lowest BCUT2D eigenvalue weighted by Crippen LogP contribution is -2.09. The molecule has 4 N–H and O–H groups in total. The van der Waals surface area contributed by atoms with Crippen LogP contribution in [0.25, 0.3) is 10.2 Å². The number of rotatable bonds is 1. The van der Waals surface area contributed by atoms with Gasteiger partial charge in [0, 0.05) is 14.1 Å². The van der Waals surface area contributed by atoms with Crippen LogP contribution in [0.2, 0.25) is 0 Å². The predicted molar refractivity (Wildman–Crippen MR) is 62.8 cm³/mol. The normalized spacial score (nSPS) is 10.7. The van der Waals surface area contributed by atoms with E-state index in [4.69, 9.17) is 11.5 Å². The number of hydrogen-bond donors (Lipinski definition) is 2. The molecule has 0 spiro atoms. The van der Waals surface area contributed by atoms with Crippen molar-refractivity contribution in [2.75, 3.05) is 30.5 Å². The van der Waals surface area contributed by atoms with Gasteiger partial charge in [0.25, 0.3) is 0 Å². The zero-order chi connectivity index (χ0) is 10.3. The zero-order valence-corrected chi connectivity index (χ0v) is 8.93. The Labute approximate surface area is 86.1 Å². The Hall–Kier alpha value is -1.49. The molecule has 1 heterocycles. The van der Waals surface area contributed by atoms with Crippen molar-refractivity contribution in [1.82, 2.24) is 4.98 Å². The summed E-state index contributed by atoms with van der Waals surface area (Å²) in [6, 6.07) is 3.84. The van der Waals surface area contributed by atoms with Gasteiger partial charge in [-0.15, -0.1) is 0 Å². The maximum atomic E-state index is 5.83. The lowest BCUT2D eigenvalue weighted by Gasteiger charge is -2.13. The van der Waals surface area contributed by atoms with Crippen molar-refractivity contribution in [3.8, 4) is 0 Å². The van der Waals surface area contributed by atoms with E-state index in [2.05, 4.69) is 4.98 Å². The Kier molecular flexibility index (Phi) is 1.96. The second-order valence-electron chi connectivity index (χ2n) is 3.30. The van der Waals surface area contributed by atoms with Crippen molar-refractivity contribution in [1.29, 1.82) is 0 Å². The van der Waals surface area contributed by atoms with Crippen LogP contribution in [0.15, 0.2) is 12.1 Å². The number of fused-ring (bicyclic) bond motifs is 1. The summed E-state index contributed by atoms with van der Waals surface area (Å²) >= 11 is 1.43. The third-order valence-corrected chi connectivity index (χ3v) is 2.98. The summed E-state index contributed by atoms with van der Waals surface area (Å²) in [5.74, 6) is 0. The van der Waals surface area contributed by atoms with Crippen molar-refractivity contribution in [3.05, 3.63) is 12.1 Å². The van der Waals surface area contributed by atoms with Crippen molar-refractivity contribution in [3.63, 3.8) is 0 Å². The van der Waals surface area contributed by atoms with Gasteiger partial charge in [-0.05, 0) is 12.1 Å². The van der Waals surface area contributed by atoms with Gasteiger partial charge in [0.05, 0.1) is 16.1 Å². The van der Waals surface area contributed by atoms with Gasteiger partial charge in [-0.1, -0.05) is 11.3 Å². The molecule has 0 aliphatic rings. The van der Waals surface area contributed by atoms with Crippen LogP contribution in [0.4, 0.5) is 16.5 Å². The second-order valence-corrected chi connectivity index (χ2v) is 4.33. The third kappa shape index (κ3) is 1.26. The molecule has 2 rings (SSSR count). The van der Waals surface area contributed by atoms with Crippen molar-refractivity contribution in [2.45, 2.75) is 0 Å². The van der Waals surface area contributed by atoms with Crippen LogP contribution >= 0.6 is 11.3 Å².